The van der Waals surface area contributed by atoms with E-state index in [9.17, 15) is 15.2 Å². The highest BCUT2D eigenvalue weighted by atomic mass is 35.5. The number of halogens is 1. The van der Waals surface area contributed by atoms with Gasteiger partial charge in [0, 0.05) is 6.54 Å². The molecule has 0 fully saturated rings. The summed E-state index contributed by atoms with van der Waals surface area (Å²) < 4.78 is 1.33. The molecule has 92 valence electrons. The number of rotatable bonds is 5. The molecule has 0 aromatic carbocycles. The van der Waals surface area contributed by atoms with Crippen LogP contribution in [0.3, 0.4) is 0 Å². The van der Waals surface area contributed by atoms with Gasteiger partial charge in [0.25, 0.3) is 0 Å². The highest BCUT2D eigenvalue weighted by molar-refractivity contribution is 5.85. The summed E-state index contributed by atoms with van der Waals surface area (Å²) in [5.41, 5.74) is 0. The summed E-state index contributed by atoms with van der Waals surface area (Å²) in [7, 11) is 3.65. The molecule has 1 heterocycles. The number of aliphatic hydroxyl groups is 1. The topological polar surface area (TPSA) is 84.4 Å². The lowest BCUT2D eigenvalue weighted by Crippen LogP contribution is -2.29. The third-order valence-corrected chi connectivity index (χ3v) is 1.84. The monoisotopic (exact) mass is 250 g/mol. The molecule has 7 nitrogen and oxygen atoms in total. The van der Waals surface area contributed by atoms with Crippen LogP contribution >= 0.6 is 12.4 Å². The number of nitrogens with zero attached hydrogens (tertiary/aromatic N) is 4. The van der Waals surface area contributed by atoms with Crippen LogP contribution in [-0.2, 0) is 6.54 Å². The first kappa shape index (κ1) is 14.8. The van der Waals surface area contributed by atoms with Gasteiger partial charge in [0.2, 0.25) is 0 Å². The zero-order chi connectivity index (χ0) is 11.4. The Labute approximate surface area is 99.3 Å². The first-order valence-electron chi connectivity index (χ1n) is 4.49. The highest BCUT2D eigenvalue weighted by Gasteiger charge is 2.17. The minimum atomic E-state index is -0.645. The predicted octanol–water partition coefficient (Wildman–Crippen LogP) is 0.136. The summed E-state index contributed by atoms with van der Waals surface area (Å²) >= 11 is 0. The molecule has 0 radical (unpaired) electrons. The molecule has 1 aromatic heterocycles. The van der Waals surface area contributed by atoms with Gasteiger partial charge in [0.1, 0.15) is 12.4 Å². The standard InChI is InChI=1S/C8H14N4O3.ClH/c1-10(2)5-7(13)6-11-4-3-9-8(11)12(14)15;/h3-4,7,13H,5-6H2,1-2H3;1H. The van der Waals surface area contributed by atoms with E-state index in [1.165, 1.54) is 17.0 Å². The van der Waals surface area contributed by atoms with Crippen LogP contribution in [0.4, 0.5) is 5.95 Å². The fraction of sp³-hybridized carbons (Fsp3) is 0.625. The third kappa shape index (κ3) is 4.13. The number of hydrogen-bond acceptors (Lipinski definition) is 5. The van der Waals surface area contributed by atoms with E-state index in [0.29, 0.717) is 6.54 Å². The van der Waals surface area contributed by atoms with Gasteiger partial charge in [-0.1, -0.05) is 4.98 Å². The Morgan fingerprint density at radius 1 is 1.69 bits per heavy atom. The van der Waals surface area contributed by atoms with Crippen molar-refractivity contribution in [3.05, 3.63) is 22.5 Å². The molecule has 1 aromatic rings. The van der Waals surface area contributed by atoms with Crippen LogP contribution in [0.15, 0.2) is 12.4 Å². The van der Waals surface area contributed by atoms with Crippen molar-refractivity contribution in [1.29, 1.82) is 0 Å². The summed E-state index contributed by atoms with van der Waals surface area (Å²) in [6, 6.07) is 0. The molecule has 1 atom stereocenters. The molecule has 0 bridgehead atoms. The smallest absolute Gasteiger partial charge is 0.390 e. The van der Waals surface area contributed by atoms with Crippen LogP contribution < -0.4 is 0 Å². The predicted molar refractivity (Wildman–Crippen MR) is 60.7 cm³/mol. The molecular formula is C8H15ClN4O3. The molecule has 0 aliphatic carbocycles. The van der Waals surface area contributed by atoms with Gasteiger partial charge in [-0.15, -0.1) is 12.4 Å². The van der Waals surface area contributed by atoms with Crippen molar-refractivity contribution in [2.45, 2.75) is 12.6 Å². The first-order chi connectivity index (χ1) is 7.00. The second-order valence-corrected chi connectivity index (χ2v) is 3.55. The lowest BCUT2D eigenvalue weighted by atomic mass is 10.3. The number of imidazole rings is 1. The van der Waals surface area contributed by atoms with Gasteiger partial charge < -0.3 is 20.1 Å². The molecule has 0 spiro atoms. The lowest BCUT2D eigenvalue weighted by molar-refractivity contribution is -0.397. The fourth-order valence-corrected chi connectivity index (χ4v) is 1.32. The number of likely N-dealkylation sites (N-methyl/N-ethyl adjacent to an activating group) is 1. The van der Waals surface area contributed by atoms with Crippen molar-refractivity contribution >= 4 is 18.4 Å². The molecule has 0 saturated carbocycles. The molecule has 0 aliphatic rings. The molecule has 1 rings (SSSR count). The van der Waals surface area contributed by atoms with E-state index in [-0.39, 0.29) is 24.9 Å². The maximum absolute atomic E-state index is 10.5. The normalized spacial score (nSPS) is 12.2. The summed E-state index contributed by atoms with van der Waals surface area (Å²) in [5, 5.41) is 20.1. The molecule has 1 unspecified atom stereocenters. The Hall–Kier alpha value is -1.18. The number of aromatic nitrogens is 2. The molecule has 1 N–H and O–H groups in total. The minimum Gasteiger partial charge on any atom is -0.390 e. The second-order valence-electron chi connectivity index (χ2n) is 3.55. The molecule has 0 aliphatic heterocycles. The van der Waals surface area contributed by atoms with E-state index in [2.05, 4.69) is 4.98 Å². The van der Waals surface area contributed by atoms with Crippen molar-refractivity contribution in [3.8, 4) is 0 Å². The molecule has 16 heavy (non-hydrogen) atoms. The van der Waals surface area contributed by atoms with E-state index in [4.69, 9.17) is 0 Å². The van der Waals surface area contributed by atoms with Gasteiger partial charge in [0.15, 0.2) is 0 Å². The van der Waals surface area contributed by atoms with Crippen LogP contribution in [0.25, 0.3) is 0 Å². The maximum atomic E-state index is 10.5. The van der Waals surface area contributed by atoms with E-state index in [1.54, 1.807) is 0 Å². The van der Waals surface area contributed by atoms with Crippen molar-refractivity contribution in [2.75, 3.05) is 20.6 Å². The lowest BCUT2D eigenvalue weighted by Gasteiger charge is -2.14. The zero-order valence-corrected chi connectivity index (χ0v) is 9.92. The van der Waals surface area contributed by atoms with Crippen molar-refractivity contribution in [1.82, 2.24) is 14.5 Å². The van der Waals surface area contributed by atoms with Crippen LogP contribution in [0.1, 0.15) is 0 Å². The number of nitro groups is 1. The van der Waals surface area contributed by atoms with E-state index in [1.807, 2.05) is 19.0 Å². The molecule has 0 saturated heterocycles. The maximum Gasteiger partial charge on any atom is 0.434 e. The van der Waals surface area contributed by atoms with Gasteiger partial charge in [-0.05, 0) is 19.0 Å². The van der Waals surface area contributed by atoms with Gasteiger partial charge in [-0.25, -0.2) is 4.57 Å². The quantitative estimate of drug-likeness (QED) is 0.593. The summed E-state index contributed by atoms with van der Waals surface area (Å²) in [6.45, 7) is 0.629. The molecule has 0 amide bonds. The number of aliphatic hydroxyl groups excluding tert-OH is 1. The van der Waals surface area contributed by atoms with Gasteiger partial charge in [-0.2, -0.15) is 0 Å². The SMILES string of the molecule is CN(C)CC(O)Cn1ccnc1[N+](=O)[O-].Cl. The van der Waals surface area contributed by atoms with Gasteiger partial charge in [0.05, 0.1) is 12.6 Å². The minimum absolute atomic E-state index is 0. The van der Waals surface area contributed by atoms with Gasteiger partial charge >= 0.3 is 5.95 Å². The average Bonchev–Trinajstić information content (AvgIpc) is 2.50. The summed E-state index contributed by atoms with van der Waals surface area (Å²) in [6.07, 6.45) is 2.19. The average molecular weight is 251 g/mol. The van der Waals surface area contributed by atoms with Crippen molar-refractivity contribution < 1.29 is 10.0 Å². The Kier molecular flexibility index (Phi) is 5.94. The van der Waals surface area contributed by atoms with Crippen LogP contribution in [0.2, 0.25) is 0 Å². The van der Waals surface area contributed by atoms with Crippen LogP contribution in [0.5, 0.6) is 0 Å². The third-order valence-electron chi connectivity index (χ3n) is 1.84. The van der Waals surface area contributed by atoms with Crippen LogP contribution in [0, 0.1) is 10.1 Å². The molecule has 8 heteroatoms. The van der Waals surface area contributed by atoms with E-state index < -0.39 is 11.0 Å². The van der Waals surface area contributed by atoms with E-state index in [0.717, 1.165) is 0 Å². The highest BCUT2D eigenvalue weighted by Crippen LogP contribution is 2.08. The largest absolute Gasteiger partial charge is 0.434 e. The van der Waals surface area contributed by atoms with Crippen molar-refractivity contribution in [3.63, 3.8) is 0 Å². The van der Waals surface area contributed by atoms with Crippen LogP contribution in [-0.4, -0.2) is 51.2 Å². The second kappa shape index (κ2) is 6.41. The summed E-state index contributed by atoms with van der Waals surface area (Å²) in [4.78, 5) is 15.3. The fourth-order valence-electron chi connectivity index (χ4n) is 1.32. The van der Waals surface area contributed by atoms with E-state index >= 15 is 0 Å². The Morgan fingerprint density at radius 3 is 2.81 bits per heavy atom. The van der Waals surface area contributed by atoms with Gasteiger partial charge in [-0.3, -0.25) is 0 Å². The first-order valence-corrected chi connectivity index (χ1v) is 4.49. The zero-order valence-electron chi connectivity index (χ0n) is 9.11. The van der Waals surface area contributed by atoms with Crippen molar-refractivity contribution in [2.24, 2.45) is 0 Å². The molecular weight excluding hydrogens is 236 g/mol. The Bertz CT molecular complexity index is 342. The number of hydrogen-bond donors (Lipinski definition) is 1. The summed E-state index contributed by atoms with van der Waals surface area (Å²) in [5.74, 6) is -0.243. The Morgan fingerprint density at radius 2 is 2.31 bits per heavy atom. The Balaban J connectivity index is 0.00000225.